The van der Waals surface area contributed by atoms with E-state index in [-0.39, 0.29) is 11.5 Å². The van der Waals surface area contributed by atoms with Crippen LogP contribution in [-0.2, 0) is 12.0 Å². The quantitative estimate of drug-likeness (QED) is 0.891. The van der Waals surface area contributed by atoms with Crippen LogP contribution >= 0.6 is 11.5 Å². The second kappa shape index (κ2) is 6.66. The molecule has 0 aliphatic carbocycles. The van der Waals surface area contributed by atoms with Gasteiger partial charge in [-0.1, -0.05) is 32.2 Å². The lowest BCUT2D eigenvalue weighted by molar-refractivity contribution is 0.537. The highest BCUT2D eigenvalue weighted by molar-refractivity contribution is 7.05. The summed E-state index contributed by atoms with van der Waals surface area (Å²) in [5, 5.41) is 12.4. The van der Waals surface area contributed by atoms with Crippen LogP contribution in [-0.4, -0.2) is 25.9 Å². The van der Waals surface area contributed by atoms with Crippen molar-refractivity contribution in [1.29, 1.82) is 0 Å². The molecule has 2 aromatic rings. The predicted molar refractivity (Wildman–Crippen MR) is 86.6 cm³/mol. The molecule has 6 heteroatoms. The monoisotopic (exact) mass is 307 g/mol. The maximum Gasteiger partial charge on any atom is 0.0860 e. The zero-order valence-corrected chi connectivity index (χ0v) is 14.4. The lowest BCUT2D eigenvalue weighted by Gasteiger charge is -2.22. The lowest BCUT2D eigenvalue weighted by atomic mass is 9.89. The van der Waals surface area contributed by atoms with Crippen LogP contribution in [0.1, 0.15) is 63.2 Å². The molecule has 0 saturated carbocycles. The molecule has 1 atom stereocenters. The molecule has 0 aromatic carbocycles. The molecule has 2 aromatic heterocycles. The van der Waals surface area contributed by atoms with Gasteiger partial charge >= 0.3 is 0 Å². The van der Waals surface area contributed by atoms with Gasteiger partial charge in [-0.15, -0.1) is 5.10 Å². The van der Waals surface area contributed by atoms with Crippen molar-refractivity contribution in [3.63, 3.8) is 0 Å². The highest BCUT2D eigenvalue weighted by Crippen LogP contribution is 2.33. The van der Waals surface area contributed by atoms with Crippen LogP contribution in [0, 0.1) is 0 Å². The van der Waals surface area contributed by atoms with E-state index in [1.54, 1.807) is 0 Å². The second-order valence-corrected chi connectivity index (χ2v) is 7.04. The van der Waals surface area contributed by atoms with E-state index < -0.39 is 0 Å². The molecule has 0 aliphatic heterocycles. The largest absolute Gasteiger partial charge is 0.305 e. The van der Waals surface area contributed by atoms with Crippen molar-refractivity contribution in [2.75, 3.05) is 6.54 Å². The van der Waals surface area contributed by atoms with E-state index in [1.165, 1.54) is 22.0 Å². The minimum absolute atomic E-state index is 0.00473. The summed E-state index contributed by atoms with van der Waals surface area (Å²) in [6, 6.07) is 0.125. The van der Waals surface area contributed by atoms with E-state index in [1.807, 2.05) is 10.9 Å². The van der Waals surface area contributed by atoms with Crippen molar-refractivity contribution >= 4 is 11.5 Å². The van der Waals surface area contributed by atoms with Gasteiger partial charge in [-0.25, -0.2) is 0 Å². The summed E-state index contributed by atoms with van der Waals surface area (Å²) in [4.78, 5) is 1.20. The number of hydrogen-bond donors (Lipinski definition) is 1. The van der Waals surface area contributed by atoms with Gasteiger partial charge in [0.1, 0.15) is 0 Å². The molecule has 5 nitrogen and oxygen atoms in total. The van der Waals surface area contributed by atoms with Crippen LogP contribution in [0.2, 0.25) is 0 Å². The summed E-state index contributed by atoms with van der Waals surface area (Å²) in [5.74, 6) is 0. The number of aromatic nitrogens is 4. The van der Waals surface area contributed by atoms with E-state index in [0.29, 0.717) is 0 Å². The number of nitrogens with one attached hydrogen (secondary N) is 1. The van der Waals surface area contributed by atoms with Crippen LogP contribution in [0.5, 0.6) is 0 Å². The maximum absolute atomic E-state index is 4.41. The predicted octanol–water partition coefficient (Wildman–Crippen LogP) is 3.14. The fourth-order valence-corrected chi connectivity index (χ4v) is 3.23. The first-order valence-electron chi connectivity index (χ1n) is 7.55. The molecule has 0 fully saturated rings. The molecule has 0 aliphatic rings. The summed E-state index contributed by atoms with van der Waals surface area (Å²) in [5.41, 5.74) is 2.25. The molecule has 2 rings (SSSR count). The van der Waals surface area contributed by atoms with Crippen molar-refractivity contribution in [1.82, 2.24) is 24.7 Å². The highest BCUT2D eigenvalue weighted by atomic mass is 32.1. The third-order valence-electron chi connectivity index (χ3n) is 3.39. The highest BCUT2D eigenvalue weighted by Gasteiger charge is 2.28. The SMILES string of the molecule is CCCNC(c1cnn(CC)c1)c1snnc1C(C)(C)C. The van der Waals surface area contributed by atoms with Gasteiger partial charge in [0.15, 0.2) is 0 Å². The van der Waals surface area contributed by atoms with E-state index in [0.717, 1.165) is 25.2 Å². The van der Waals surface area contributed by atoms with Gasteiger partial charge < -0.3 is 5.32 Å². The molecular weight excluding hydrogens is 282 g/mol. The number of nitrogens with zero attached hydrogens (tertiary/aromatic N) is 4. The third kappa shape index (κ3) is 3.68. The first-order chi connectivity index (χ1) is 9.97. The van der Waals surface area contributed by atoms with Gasteiger partial charge in [0.05, 0.1) is 22.8 Å². The van der Waals surface area contributed by atoms with E-state index in [9.17, 15) is 0 Å². The molecule has 0 radical (unpaired) electrons. The Morgan fingerprint density at radius 3 is 2.67 bits per heavy atom. The summed E-state index contributed by atoms with van der Waals surface area (Å²) in [6.45, 7) is 12.7. The molecule has 0 bridgehead atoms. The normalized spacial score (nSPS) is 13.6. The van der Waals surface area contributed by atoms with E-state index in [2.05, 4.69) is 60.8 Å². The fourth-order valence-electron chi connectivity index (χ4n) is 2.26. The number of rotatable bonds is 6. The first-order valence-corrected chi connectivity index (χ1v) is 8.33. The zero-order valence-electron chi connectivity index (χ0n) is 13.6. The minimum Gasteiger partial charge on any atom is -0.305 e. The van der Waals surface area contributed by atoms with Gasteiger partial charge in [-0.05, 0) is 31.4 Å². The van der Waals surface area contributed by atoms with Crippen LogP contribution in [0.15, 0.2) is 12.4 Å². The van der Waals surface area contributed by atoms with Crippen LogP contribution in [0.3, 0.4) is 0 Å². The van der Waals surface area contributed by atoms with E-state index >= 15 is 0 Å². The third-order valence-corrected chi connectivity index (χ3v) is 4.18. The topological polar surface area (TPSA) is 55.6 Å². The Hall–Kier alpha value is -1.27. The summed E-state index contributed by atoms with van der Waals surface area (Å²) >= 11 is 1.49. The fraction of sp³-hybridized carbons (Fsp3) is 0.667. The van der Waals surface area contributed by atoms with Crippen LogP contribution < -0.4 is 5.32 Å². The van der Waals surface area contributed by atoms with Crippen LogP contribution in [0.25, 0.3) is 0 Å². The molecule has 116 valence electrons. The van der Waals surface area contributed by atoms with Crippen LogP contribution in [0.4, 0.5) is 0 Å². The van der Waals surface area contributed by atoms with Crippen molar-refractivity contribution in [3.8, 4) is 0 Å². The Balaban J connectivity index is 2.38. The van der Waals surface area contributed by atoms with Gasteiger partial charge in [-0.2, -0.15) is 5.10 Å². The molecule has 0 amide bonds. The standard InChI is InChI=1S/C15H25N5S/c1-6-8-16-12(11-9-17-20(7-2)10-11)13-14(15(3,4)5)18-19-21-13/h9-10,12,16H,6-8H2,1-5H3. The second-order valence-electron chi connectivity index (χ2n) is 6.25. The lowest BCUT2D eigenvalue weighted by Crippen LogP contribution is -2.25. The Bertz CT molecular complexity index is 567. The number of aryl methyl sites for hydroxylation is 1. The van der Waals surface area contributed by atoms with Gasteiger partial charge in [0, 0.05) is 23.7 Å². The van der Waals surface area contributed by atoms with Gasteiger partial charge in [-0.3, -0.25) is 4.68 Å². The summed E-state index contributed by atoms with van der Waals surface area (Å²) in [6.07, 6.45) is 5.15. The van der Waals surface area contributed by atoms with Gasteiger partial charge in [0.25, 0.3) is 0 Å². The Morgan fingerprint density at radius 1 is 1.33 bits per heavy atom. The Labute approximate surface area is 130 Å². The number of hydrogen-bond acceptors (Lipinski definition) is 5. The maximum atomic E-state index is 4.41. The Kier molecular flexibility index (Phi) is 5.11. The average Bonchev–Trinajstić information content (AvgIpc) is 3.07. The molecule has 1 unspecified atom stereocenters. The van der Waals surface area contributed by atoms with Crippen molar-refractivity contribution in [2.24, 2.45) is 0 Å². The first kappa shape index (κ1) is 16.1. The summed E-state index contributed by atoms with van der Waals surface area (Å²) in [7, 11) is 0. The zero-order chi connectivity index (χ0) is 15.5. The van der Waals surface area contributed by atoms with E-state index in [4.69, 9.17) is 0 Å². The smallest absolute Gasteiger partial charge is 0.0860 e. The van der Waals surface area contributed by atoms with Crippen molar-refractivity contribution < 1.29 is 0 Å². The average molecular weight is 307 g/mol. The van der Waals surface area contributed by atoms with Crippen molar-refractivity contribution in [3.05, 3.63) is 28.5 Å². The Morgan fingerprint density at radius 2 is 2.10 bits per heavy atom. The molecule has 2 heterocycles. The van der Waals surface area contributed by atoms with Gasteiger partial charge in [0.2, 0.25) is 0 Å². The molecule has 0 spiro atoms. The molecule has 21 heavy (non-hydrogen) atoms. The molecule has 0 saturated heterocycles. The minimum atomic E-state index is -0.00473. The molecular formula is C15H25N5S. The van der Waals surface area contributed by atoms with Crippen molar-refractivity contribution in [2.45, 2.75) is 59.0 Å². The molecule has 1 N–H and O–H groups in total. The summed E-state index contributed by atoms with van der Waals surface area (Å²) < 4.78 is 6.15.